The minimum Gasteiger partial charge on any atom is -0.494 e. The van der Waals surface area contributed by atoms with Gasteiger partial charge in [0, 0.05) is 6.07 Å². The van der Waals surface area contributed by atoms with Gasteiger partial charge in [0.2, 0.25) is 0 Å². The highest BCUT2D eigenvalue weighted by Crippen LogP contribution is 2.24. The van der Waals surface area contributed by atoms with Gasteiger partial charge in [0.15, 0.2) is 0 Å². The highest BCUT2D eigenvalue weighted by Gasteiger charge is 2.02. The molecule has 0 fully saturated rings. The van der Waals surface area contributed by atoms with Crippen LogP contribution in [0.1, 0.15) is 0 Å². The Bertz CT molecular complexity index is 330. The van der Waals surface area contributed by atoms with Crippen molar-refractivity contribution in [1.29, 1.82) is 0 Å². The molecular formula is C10H10FNO. The molecule has 0 aliphatic carbocycles. The van der Waals surface area contributed by atoms with Crippen LogP contribution >= 0.6 is 0 Å². The first-order valence-corrected chi connectivity index (χ1v) is 3.79. The van der Waals surface area contributed by atoms with Gasteiger partial charge in [-0.3, -0.25) is 0 Å². The van der Waals surface area contributed by atoms with Crippen LogP contribution in [-0.2, 0) is 0 Å². The molecular weight excluding hydrogens is 169 g/mol. The van der Waals surface area contributed by atoms with Crippen molar-refractivity contribution in [1.82, 2.24) is 0 Å². The Morgan fingerprint density at radius 1 is 1.62 bits per heavy atom. The Morgan fingerprint density at radius 3 is 3.00 bits per heavy atom. The quantitative estimate of drug-likeness (QED) is 0.715. The van der Waals surface area contributed by atoms with Crippen LogP contribution in [0.2, 0.25) is 0 Å². The third-order valence-corrected chi connectivity index (χ3v) is 1.54. The van der Waals surface area contributed by atoms with Crippen LogP contribution in [0.3, 0.4) is 0 Å². The molecule has 1 aromatic carbocycles. The van der Waals surface area contributed by atoms with Gasteiger partial charge in [-0.1, -0.05) is 5.92 Å². The van der Waals surface area contributed by atoms with E-state index < -0.39 is 0 Å². The molecule has 0 atom stereocenters. The molecule has 0 radical (unpaired) electrons. The average molecular weight is 179 g/mol. The second-order valence-electron chi connectivity index (χ2n) is 2.40. The predicted octanol–water partition coefficient (Wildman–Crippen LogP) is 1.88. The van der Waals surface area contributed by atoms with E-state index >= 15 is 0 Å². The lowest BCUT2D eigenvalue weighted by molar-refractivity contribution is 0.413. The van der Waals surface area contributed by atoms with Crippen molar-refractivity contribution >= 4 is 5.69 Å². The summed E-state index contributed by atoms with van der Waals surface area (Å²) >= 11 is 0. The number of benzene rings is 1. The number of anilines is 1. The third kappa shape index (κ3) is 2.38. The molecule has 1 aromatic rings. The zero-order valence-electron chi connectivity index (χ0n) is 7.30. The number of rotatable bonds is 3. The van der Waals surface area contributed by atoms with Crippen molar-refractivity contribution in [3.05, 3.63) is 24.0 Å². The highest BCUT2D eigenvalue weighted by molar-refractivity contribution is 5.56. The van der Waals surface area contributed by atoms with E-state index in [0.29, 0.717) is 18.0 Å². The molecule has 0 spiro atoms. The Hall–Kier alpha value is -1.69. The van der Waals surface area contributed by atoms with Gasteiger partial charge in [-0.15, -0.1) is 6.42 Å². The molecule has 1 N–H and O–H groups in total. The van der Waals surface area contributed by atoms with E-state index in [0.717, 1.165) is 0 Å². The van der Waals surface area contributed by atoms with Crippen LogP contribution < -0.4 is 10.1 Å². The normalized spacial score (nSPS) is 9.00. The molecule has 3 heteroatoms. The summed E-state index contributed by atoms with van der Waals surface area (Å²) in [5.74, 6) is 2.55. The average Bonchev–Trinajstić information content (AvgIpc) is 2.16. The van der Waals surface area contributed by atoms with Gasteiger partial charge in [-0.25, -0.2) is 4.39 Å². The van der Waals surface area contributed by atoms with E-state index in [4.69, 9.17) is 11.2 Å². The molecule has 0 unspecified atom stereocenters. The molecule has 0 bridgehead atoms. The van der Waals surface area contributed by atoms with Gasteiger partial charge < -0.3 is 10.1 Å². The zero-order valence-corrected chi connectivity index (χ0v) is 7.30. The Balaban J connectivity index is 2.87. The first-order valence-electron chi connectivity index (χ1n) is 3.79. The maximum absolute atomic E-state index is 12.7. The molecule has 2 nitrogen and oxygen atoms in total. The van der Waals surface area contributed by atoms with Crippen molar-refractivity contribution in [2.45, 2.75) is 0 Å². The summed E-state index contributed by atoms with van der Waals surface area (Å²) in [4.78, 5) is 0. The molecule has 68 valence electrons. The summed E-state index contributed by atoms with van der Waals surface area (Å²) in [6.45, 7) is 0.391. The van der Waals surface area contributed by atoms with Crippen molar-refractivity contribution in [2.75, 3.05) is 19.0 Å². The molecule has 0 heterocycles. The second-order valence-corrected chi connectivity index (χ2v) is 2.40. The minimum absolute atomic E-state index is 0.330. The minimum atomic E-state index is -0.330. The summed E-state index contributed by atoms with van der Waals surface area (Å²) in [6.07, 6.45) is 5.07. The summed E-state index contributed by atoms with van der Waals surface area (Å²) in [6, 6.07) is 4.24. The lowest BCUT2D eigenvalue weighted by atomic mass is 10.3. The lowest BCUT2D eigenvalue weighted by Gasteiger charge is -2.08. The number of hydrogen-bond donors (Lipinski definition) is 1. The number of halogens is 1. The number of methoxy groups -OCH3 is 1. The molecule has 0 aromatic heterocycles. The maximum atomic E-state index is 12.7. The fourth-order valence-corrected chi connectivity index (χ4v) is 0.957. The second kappa shape index (κ2) is 4.36. The highest BCUT2D eigenvalue weighted by atomic mass is 19.1. The fourth-order valence-electron chi connectivity index (χ4n) is 0.957. The maximum Gasteiger partial charge on any atom is 0.144 e. The Labute approximate surface area is 76.7 Å². The van der Waals surface area contributed by atoms with Gasteiger partial charge in [-0.05, 0) is 12.1 Å². The van der Waals surface area contributed by atoms with E-state index in [1.807, 2.05) is 0 Å². The summed E-state index contributed by atoms with van der Waals surface area (Å²) in [5.41, 5.74) is 0.696. The number of ether oxygens (including phenoxy) is 1. The lowest BCUT2D eigenvalue weighted by Crippen LogP contribution is -2.00. The smallest absolute Gasteiger partial charge is 0.144 e. The van der Waals surface area contributed by atoms with Crippen LogP contribution in [0, 0.1) is 18.2 Å². The number of hydrogen-bond acceptors (Lipinski definition) is 2. The van der Waals surface area contributed by atoms with E-state index in [9.17, 15) is 4.39 Å². The van der Waals surface area contributed by atoms with E-state index in [1.165, 1.54) is 19.2 Å². The van der Waals surface area contributed by atoms with E-state index in [1.54, 1.807) is 6.07 Å². The van der Waals surface area contributed by atoms with Gasteiger partial charge in [0.05, 0.1) is 19.3 Å². The molecule has 0 aliphatic rings. The summed E-state index contributed by atoms with van der Waals surface area (Å²) < 4.78 is 17.7. The molecule has 1 rings (SSSR count). The molecule has 0 saturated heterocycles. The van der Waals surface area contributed by atoms with Crippen LogP contribution in [0.5, 0.6) is 5.75 Å². The van der Waals surface area contributed by atoms with Gasteiger partial charge in [0.25, 0.3) is 0 Å². The number of terminal acetylenes is 1. The fraction of sp³-hybridized carbons (Fsp3) is 0.200. The van der Waals surface area contributed by atoms with Crippen LogP contribution in [0.15, 0.2) is 18.2 Å². The van der Waals surface area contributed by atoms with Crippen LogP contribution in [0.4, 0.5) is 10.1 Å². The van der Waals surface area contributed by atoms with Gasteiger partial charge in [-0.2, -0.15) is 0 Å². The largest absolute Gasteiger partial charge is 0.494 e. The van der Waals surface area contributed by atoms with Gasteiger partial charge in [0.1, 0.15) is 11.6 Å². The Morgan fingerprint density at radius 2 is 2.38 bits per heavy atom. The molecule has 0 saturated carbocycles. The van der Waals surface area contributed by atoms with E-state index in [-0.39, 0.29) is 5.82 Å². The third-order valence-electron chi connectivity index (χ3n) is 1.54. The molecule has 0 aliphatic heterocycles. The van der Waals surface area contributed by atoms with Crippen molar-refractivity contribution in [3.63, 3.8) is 0 Å². The van der Waals surface area contributed by atoms with E-state index in [2.05, 4.69) is 11.2 Å². The molecule has 13 heavy (non-hydrogen) atoms. The number of nitrogens with one attached hydrogen (secondary N) is 1. The monoisotopic (exact) mass is 179 g/mol. The van der Waals surface area contributed by atoms with Crippen molar-refractivity contribution in [2.24, 2.45) is 0 Å². The van der Waals surface area contributed by atoms with Crippen LogP contribution in [-0.4, -0.2) is 13.7 Å². The standard InChI is InChI=1S/C10H10FNO/c1-3-6-12-9-5-4-8(11)7-10(9)13-2/h1,4-5,7,12H,6H2,2H3. The molecule has 0 amide bonds. The topological polar surface area (TPSA) is 21.3 Å². The predicted molar refractivity (Wildman–Crippen MR) is 50.3 cm³/mol. The van der Waals surface area contributed by atoms with Crippen molar-refractivity contribution < 1.29 is 9.13 Å². The first kappa shape index (κ1) is 9.40. The van der Waals surface area contributed by atoms with Crippen molar-refractivity contribution in [3.8, 4) is 18.1 Å². The zero-order chi connectivity index (χ0) is 9.68. The SMILES string of the molecule is C#CCNc1ccc(F)cc1OC. The Kier molecular flexibility index (Phi) is 3.15. The van der Waals surface area contributed by atoms with Gasteiger partial charge >= 0.3 is 0 Å². The first-order chi connectivity index (χ1) is 6.27. The van der Waals surface area contributed by atoms with Crippen LogP contribution in [0.25, 0.3) is 0 Å². The summed E-state index contributed by atoms with van der Waals surface area (Å²) in [7, 11) is 1.48. The summed E-state index contributed by atoms with van der Waals surface area (Å²) in [5, 5.41) is 2.91.